The predicted molar refractivity (Wildman–Crippen MR) is 134 cm³/mol. The lowest BCUT2D eigenvalue weighted by Gasteiger charge is -2.12. The van der Waals surface area contributed by atoms with Gasteiger partial charge in [0.1, 0.15) is 12.1 Å². The second-order valence-corrected chi connectivity index (χ2v) is 7.50. The third-order valence-corrected chi connectivity index (χ3v) is 5.18. The summed E-state index contributed by atoms with van der Waals surface area (Å²) in [7, 11) is 3.19. The van der Waals surface area contributed by atoms with Crippen molar-refractivity contribution in [3.05, 3.63) is 48.3 Å². The second kappa shape index (κ2) is 13.4. The molecule has 1 heterocycles. The Bertz CT molecular complexity index is 1030. The molecular weight excluding hydrogens is 442 g/mol. The van der Waals surface area contributed by atoms with E-state index in [-0.39, 0.29) is 18.3 Å². The molecule has 0 saturated carbocycles. The number of benzene rings is 2. The Kier molecular flexibility index (Phi) is 10.7. The molecular formula is C24H32ClN5O3. The fourth-order valence-corrected chi connectivity index (χ4v) is 3.42. The van der Waals surface area contributed by atoms with E-state index in [0.717, 1.165) is 54.4 Å². The summed E-state index contributed by atoms with van der Waals surface area (Å²) in [5.41, 5.74) is 8.05. The summed E-state index contributed by atoms with van der Waals surface area (Å²) < 4.78 is 10.8. The predicted octanol–water partition coefficient (Wildman–Crippen LogP) is 3.99. The van der Waals surface area contributed by atoms with Gasteiger partial charge in [-0.25, -0.2) is 9.97 Å². The van der Waals surface area contributed by atoms with Crippen molar-refractivity contribution in [2.24, 2.45) is 5.73 Å². The number of carbonyl (C=O) groups excluding carboxylic acids is 1. The summed E-state index contributed by atoms with van der Waals surface area (Å²) in [5.74, 6) is 1.92. The molecule has 1 aromatic heterocycles. The number of fused-ring (bicyclic) bond motifs is 1. The first-order valence-electron chi connectivity index (χ1n) is 10.8. The van der Waals surface area contributed by atoms with E-state index in [1.165, 1.54) is 6.33 Å². The Balaban J connectivity index is 0.00000385. The number of carbonyl (C=O) groups is 1. The largest absolute Gasteiger partial charge is 0.493 e. The fraction of sp³-hybridized carbons (Fsp3) is 0.375. The number of amides is 1. The molecule has 0 saturated heterocycles. The van der Waals surface area contributed by atoms with Gasteiger partial charge < -0.3 is 25.8 Å². The zero-order chi connectivity index (χ0) is 22.8. The van der Waals surface area contributed by atoms with Gasteiger partial charge in [-0.3, -0.25) is 4.79 Å². The summed E-state index contributed by atoms with van der Waals surface area (Å²) in [4.78, 5) is 20.8. The minimum atomic E-state index is 0. The van der Waals surface area contributed by atoms with Gasteiger partial charge >= 0.3 is 0 Å². The van der Waals surface area contributed by atoms with Crippen molar-refractivity contribution in [1.29, 1.82) is 0 Å². The maximum atomic E-state index is 12.2. The van der Waals surface area contributed by atoms with Gasteiger partial charge in [0.05, 0.1) is 26.2 Å². The van der Waals surface area contributed by atoms with Crippen molar-refractivity contribution in [2.45, 2.75) is 32.1 Å². The average Bonchev–Trinajstić information content (AvgIpc) is 2.82. The standard InChI is InChI=1S/C24H31N5O3.ClH/c1-31-21-14-19-20(15-22(21)32-2)27-16-28-24(19)29-18-9-7-17(8-10-18)13-23(30)26-12-6-4-3-5-11-25;/h7-10,14-16H,3-6,11-13,25H2,1-2H3,(H,26,30)(H,27,28,29);1H. The number of unbranched alkanes of at least 4 members (excludes halogenated alkanes) is 3. The molecule has 8 nitrogen and oxygen atoms in total. The Hall–Kier alpha value is -3.10. The lowest BCUT2D eigenvalue weighted by atomic mass is 10.1. The van der Waals surface area contributed by atoms with Crippen LogP contribution < -0.4 is 25.8 Å². The third kappa shape index (κ3) is 7.47. The number of aromatic nitrogens is 2. The average molecular weight is 474 g/mol. The topological polar surface area (TPSA) is 111 Å². The van der Waals surface area contributed by atoms with Crippen LogP contribution in [0.1, 0.15) is 31.2 Å². The molecule has 33 heavy (non-hydrogen) atoms. The van der Waals surface area contributed by atoms with E-state index in [4.69, 9.17) is 15.2 Å². The zero-order valence-electron chi connectivity index (χ0n) is 19.1. The minimum Gasteiger partial charge on any atom is -0.493 e. The van der Waals surface area contributed by atoms with Crippen LogP contribution in [0.15, 0.2) is 42.7 Å². The molecule has 0 aliphatic rings. The van der Waals surface area contributed by atoms with Crippen LogP contribution in [0.25, 0.3) is 10.9 Å². The Morgan fingerprint density at radius 2 is 1.67 bits per heavy atom. The molecule has 3 rings (SSSR count). The number of ether oxygens (including phenoxy) is 2. The highest BCUT2D eigenvalue weighted by Gasteiger charge is 2.11. The van der Waals surface area contributed by atoms with Gasteiger partial charge in [-0.1, -0.05) is 25.0 Å². The number of nitrogens with one attached hydrogen (secondary N) is 2. The zero-order valence-corrected chi connectivity index (χ0v) is 19.9. The summed E-state index contributed by atoms with van der Waals surface area (Å²) >= 11 is 0. The van der Waals surface area contributed by atoms with Crippen LogP contribution in [0.3, 0.4) is 0 Å². The Labute approximate surface area is 200 Å². The van der Waals surface area contributed by atoms with Crippen LogP contribution in [-0.4, -0.2) is 43.2 Å². The molecule has 1 amide bonds. The van der Waals surface area contributed by atoms with Gasteiger partial charge in [0.15, 0.2) is 11.5 Å². The van der Waals surface area contributed by atoms with Crippen LogP contribution in [0.2, 0.25) is 0 Å². The number of nitrogens with two attached hydrogens (primary N) is 1. The maximum absolute atomic E-state index is 12.2. The molecule has 4 N–H and O–H groups in total. The molecule has 0 bridgehead atoms. The molecule has 178 valence electrons. The summed E-state index contributed by atoms with van der Waals surface area (Å²) in [6.07, 6.45) is 6.10. The molecule has 0 fully saturated rings. The first-order chi connectivity index (χ1) is 15.6. The lowest BCUT2D eigenvalue weighted by molar-refractivity contribution is -0.120. The highest BCUT2D eigenvalue weighted by molar-refractivity contribution is 5.93. The number of rotatable bonds is 12. The van der Waals surface area contributed by atoms with Crippen molar-refractivity contribution in [3.63, 3.8) is 0 Å². The number of methoxy groups -OCH3 is 2. The van der Waals surface area contributed by atoms with Gasteiger partial charge in [-0.05, 0) is 43.1 Å². The highest BCUT2D eigenvalue weighted by atomic mass is 35.5. The van der Waals surface area contributed by atoms with Crippen molar-refractivity contribution in [2.75, 3.05) is 32.6 Å². The first kappa shape index (κ1) is 26.2. The lowest BCUT2D eigenvalue weighted by Crippen LogP contribution is -2.26. The highest BCUT2D eigenvalue weighted by Crippen LogP contribution is 2.34. The van der Waals surface area contributed by atoms with E-state index in [0.29, 0.717) is 30.3 Å². The molecule has 2 aromatic carbocycles. The molecule has 0 aliphatic carbocycles. The monoisotopic (exact) mass is 473 g/mol. The van der Waals surface area contributed by atoms with E-state index < -0.39 is 0 Å². The quantitative estimate of drug-likeness (QED) is 0.341. The van der Waals surface area contributed by atoms with Crippen LogP contribution in [0.4, 0.5) is 11.5 Å². The van der Waals surface area contributed by atoms with Gasteiger partial charge in [-0.15, -0.1) is 12.4 Å². The summed E-state index contributed by atoms with van der Waals surface area (Å²) in [6, 6.07) is 11.4. The molecule has 0 radical (unpaired) electrons. The van der Waals surface area contributed by atoms with Gasteiger partial charge in [0.2, 0.25) is 5.91 Å². The number of hydrogen-bond acceptors (Lipinski definition) is 7. The van der Waals surface area contributed by atoms with Gasteiger partial charge in [-0.2, -0.15) is 0 Å². The van der Waals surface area contributed by atoms with E-state index in [9.17, 15) is 4.79 Å². The fourth-order valence-electron chi connectivity index (χ4n) is 3.42. The van der Waals surface area contributed by atoms with Crippen LogP contribution in [0, 0.1) is 0 Å². The van der Waals surface area contributed by atoms with Crippen molar-refractivity contribution in [3.8, 4) is 11.5 Å². The van der Waals surface area contributed by atoms with E-state index in [2.05, 4.69) is 20.6 Å². The minimum absolute atomic E-state index is 0. The Morgan fingerprint density at radius 1 is 0.970 bits per heavy atom. The van der Waals surface area contributed by atoms with E-state index in [1.54, 1.807) is 14.2 Å². The van der Waals surface area contributed by atoms with Gasteiger partial charge in [0, 0.05) is 23.7 Å². The van der Waals surface area contributed by atoms with Crippen LogP contribution in [0.5, 0.6) is 11.5 Å². The molecule has 0 atom stereocenters. The number of nitrogens with zero attached hydrogens (tertiary/aromatic N) is 2. The molecule has 0 aliphatic heterocycles. The van der Waals surface area contributed by atoms with Crippen molar-refractivity contribution in [1.82, 2.24) is 15.3 Å². The van der Waals surface area contributed by atoms with Crippen LogP contribution >= 0.6 is 12.4 Å². The van der Waals surface area contributed by atoms with E-state index in [1.807, 2.05) is 36.4 Å². The van der Waals surface area contributed by atoms with E-state index >= 15 is 0 Å². The normalized spacial score (nSPS) is 10.4. The maximum Gasteiger partial charge on any atom is 0.224 e. The molecule has 3 aromatic rings. The van der Waals surface area contributed by atoms with Crippen molar-refractivity contribution >= 4 is 40.7 Å². The summed E-state index contributed by atoms with van der Waals surface area (Å²) in [6.45, 7) is 1.44. The number of anilines is 2. The Morgan fingerprint density at radius 3 is 2.36 bits per heavy atom. The van der Waals surface area contributed by atoms with Crippen molar-refractivity contribution < 1.29 is 14.3 Å². The SMILES string of the molecule is COc1cc2ncnc(Nc3ccc(CC(=O)NCCCCCCN)cc3)c2cc1OC.Cl. The van der Waals surface area contributed by atoms with Gasteiger partial charge in [0.25, 0.3) is 0 Å². The number of hydrogen-bond donors (Lipinski definition) is 3. The third-order valence-electron chi connectivity index (χ3n) is 5.18. The molecule has 9 heteroatoms. The second-order valence-electron chi connectivity index (χ2n) is 7.50. The molecule has 0 spiro atoms. The first-order valence-corrected chi connectivity index (χ1v) is 10.8. The summed E-state index contributed by atoms with van der Waals surface area (Å²) in [5, 5.41) is 7.12. The molecule has 0 unspecified atom stereocenters. The van der Waals surface area contributed by atoms with Crippen LogP contribution in [-0.2, 0) is 11.2 Å². The smallest absolute Gasteiger partial charge is 0.224 e. The number of halogens is 1.